The average molecular weight is 268 g/mol. The fraction of sp³-hybridized carbons (Fsp3) is 0.583. The van der Waals surface area contributed by atoms with Crippen LogP contribution in [0.1, 0.15) is 42.1 Å². The Kier molecular flexibility index (Phi) is 3.65. The number of amides is 1. The molecule has 0 N–H and O–H groups in total. The summed E-state index contributed by atoms with van der Waals surface area (Å²) >= 11 is 1.23. The summed E-state index contributed by atoms with van der Waals surface area (Å²) in [7, 11) is 0. The normalized spacial score (nSPS) is 14.4. The second-order valence-electron chi connectivity index (χ2n) is 4.25. The summed E-state index contributed by atoms with van der Waals surface area (Å²) in [5.41, 5.74) is 0.625. The van der Waals surface area contributed by atoms with Crippen molar-refractivity contribution in [1.82, 2.24) is 4.98 Å². The average Bonchev–Trinajstić information content (AvgIpc) is 3.02. The zero-order valence-electron chi connectivity index (χ0n) is 10.7. The first-order valence-electron chi connectivity index (χ1n) is 5.99. The molecule has 0 atom stereocenters. The third kappa shape index (κ3) is 2.53. The Morgan fingerprint density at radius 2 is 2.17 bits per heavy atom. The highest BCUT2D eigenvalue weighted by molar-refractivity contribution is 7.17. The molecule has 2 rings (SSSR count). The summed E-state index contributed by atoms with van der Waals surface area (Å²) in [6.45, 7) is 5.39. The van der Waals surface area contributed by atoms with Crippen molar-refractivity contribution in [3.63, 3.8) is 0 Å². The number of hydrogen-bond acceptors (Lipinski definition) is 5. The van der Waals surface area contributed by atoms with Gasteiger partial charge in [-0.1, -0.05) is 11.3 Å². The summed E-state index contributed by atoms with van der Waals surface area (Å²) < 4.78 is 4.97. The van der Waals surface area contributed by atoms with Gasteiger partial charge in [0.1, 0.15) is 4.88 Å². The minimum atomic E-state index is -0.363. The van der Waals surface area contributed by atoms with Crippen LogP contribution in [-0.2, 0) is 9.53 Å². The number of carbonyl (C=O) groups is 2. The molecule has 18 heavy (non-hydrogen) atoms. The van der Waals surface area contributed by atoms with Gasteiger partial charge in [-0.25, -0.2) is 9.78 Å². The third-order valence-electron chi connectivity index (χ3n) is 2.70. The number of esters is 1. The van der Waals surface area contributed by atoms with E-state index in [9.17, 15) is 9.59 Å². The van der Waals surface area contributed by atoms with Crippen molar-refractivity contribution in [2.24, 2.45) is 0 Å². The van der Waals surface area contributed by atoms with E-state index in [1.807, 2.05) is 0 Å². The van der Waals surface area contributed by atoms with Gasteiger partial charge in [-0.2, -0.15) is 0 Å². The van der Waals surface area contributed by atoms with Crippen LogP contribution in [0.5, 0.6) is 0 Å². The van der Waals surface area contributed by atoms with Crippen LogP contribution in [0.25, 0.3) is 0 Å². The van der Waals surface area contributed by atoms with Crippen LogP contribution in [0.4, 0.5) is 5.13 Å². The molecule has 1 aliphatic rings. The van der Waals surface area contributed by atoms with Crippen LogP contribution in [0.15, 0.2) is 0 Å². The number of anilines is 1. The molecule has 0 aromatic carbocycles. The first kappa shape index (κ1) is 13.0. The molecule has 1 amide bonds. The lowest BCUT2D eigenvalue weighted by atomic mass is 10.4. The lowest BCUT2D eigenvalue weighted by Crippen LogP contribution is -2.30. The largest absolute Gasteiger partial charge is 0.462 e. The van der Waals surface area contributed by atoms with E-state index in [-0.39, 0.29) is 17.9 Å². The lowest BCUT2D eigenvalue weighted by Gasteiger charge is -2.16. The monoisotopic (exact) mass is 268 g/mol. The minimum Gasteiger partial charge on any atom is -0.462 e. The smallest absolute Gasteiger partial charge is 0.350 e. The predicted octanol–water partition coefficient (Wildman–Crippen LogP) is 2.14. The van der Waals surface area contributed by atoms with Gasteiger partial charge >= 0.3 is 5.97 Å². The quantitative estimate of drug-likeness (QED) is 0.785. The minimum absolute atomic E-state index is 0.0262. The Morgan fingerprint density at radius 1 is 1.50 bits per heavy atom. The zero-order chi connectivity index (χ0) is 13.3. The second kappa shape index (κ2) is 5.06. The Morgan fingerprint density at radius 3 is 2.67 bits per heavy atom. The van der Waals surface area contributed by atoms with Gasteiger partial charge in [0.25, 0.3) is 0 Å². The van der Waals surface area contributed by atoms with Crippen molar-refractivity contribution in [2.75, 3.05) is 11.5 Å². The van der Waals surface area contributed by atoms with Gasteiger partial charge in [-0.15, -0.1) is 0 Å². The van der Waals surface area contributed by atoms with E-state index in [1.165, 1.54) is 18.3 Å². The summed E-state index contributed by atoms with van der Waals surface area (Å²) in [6.07, 6.45) is 2.01. The molecule has 0 unspecified atom stereocenters. The number of nitrogens with zero attached hydrogens (tertiary/aromatic N) is 2. The van der Waals surface area contributed by atoms with Crippen LogP contribution >= 0.6 is 11.3 Å². The summed E-state index contributed by atoms with van der Waals surface area (Å²) in [4.78, 5) is 29.8. The topological polar surface area (TPSA) is 59.5 Å². The van der Waals surface area contributed by atoms with Gasteiger partial charge in [0.05, 0.1) is 12.3 Å². The van der Waals surface area contributed by atoms with E-state index in [4.69, 9.17) is 4.74 Å². The van der Waals surface area contributed by atoms with Crippen molar-refractivity contribution >= 4 is 28.3 Å². The van der Waals surface area contributed by atoms with Crippen molar-refractivity contribution in [3.8, 4) is 0 Å². The van der Waals surface area contributed by atoms with Crippen molar-refractivity contribution < 1.29 is 14.3 Å². The van der Waals surface area contributed by atoms with Gasteiger partial charge in [0, 0.05) is 13.0 Å². The molecule has 98 valence electrons. The first-order valence-corrected chi connectivity index (χ1v) is 6.80. The SMILES string of the molecule is CCOC(=O)c1sc(N(C(C)=O)C2CC2)nc1C. The fourth-order valence-electron chi connectivity index (χ4n) is 1.75. The standard InChI is InChI=1S/C12H16N2O3S/c1-4-17-11(16)10-7(2)13-12(18-10)14(8(3)15)9-5-6-9/h9H,4-6H2,1-3H3. The molecule has 0 bridgehead atoms. The molecule has 0 radical (unpaired) electrons. The zero-order valence-corrected chi connectivity index (χ0v) is 11.5. The van der Waals surface area contributed by atoms with Gasteiger partial charge in [0.15, 0.2) is 5.13 Å². The summed E-state index contributed by atoms with van der Waals surface area (Å²) in [6, 6.07) is 0.253. The molecule has 1 heterocycles. The molecule has 1 aromatic heterocycles. The first-order chi connectivity index (χ1) is 8.54. The maximum absolute atomic E-state index is 11.7. The van der Waals surface area contributed by atoms with E-state index < -0.39 is 0 Å². The number of rotatable bonds is 4. The Bertz CT molecular complexity index is 480. The third-order valence-corrected chi connectivity index (χ3v) is 3.84. The van der Waals surface area contributed by atoms with E-state index in [0.717, 1.165) is 12.8 Å². The number of hydrogen-bond donors (Lipinski definition) is 0. The van der Waals surface area contributed by atoms with Crippen LogP contribution in [-0.4, -0.2) is 29.5 Å². The number of ether oxygens (including phenoxy) is 1. The highest BCUT2D eigenvalue weighted by atomic mass is 32.1. The second-order valence-corrected chi connectivity index (χ2v) is 5.23. The number of aromatic nitrogens is 1. The molecule has 0 spiro atoms. The Balaban J connectivity index is 2.26. The molecule has 1 aromatic rings. The van der Waals surface area contributed by atoms with E-state index in [2.05, 4.69) is 4.98 Å². The van der Waals surface area contributed by atoms with Crippen LogP contribution in [0.3, 0.4) is 0 Å². The molecule has 0 saturated heterocycles. The highest BCUT2D eigenvalue weighted by Crippen LogP contribution is 2.35. The Hall–Kier alpha value is -1.43. The summed E-state index contributed by atoms with van der Waals surface area (Å²) in [5.74, 6) is -0.389. The van der Waals surface area contributed by atoms with Gasteiger partial charge in [-0.05, 0) is 26.7 Å². The van der Waals surface area contributed by atoms with E-state index in [1.54, 1.807) is 18.7 Å². The van der Waals surface area contributed by atoms with Crippen molar-refractivity contribution in [1.29, 1.82) is 0 Å². The molecule has 0 aliphatic heterocycles. The molecule has 1 fully saturated rings. The number of thiazole rings is 1. The summed E-state index contributed by atoms with van der Waals surface area (Å²) in [5, 5.41) is 0.602. The molecule has 5 nitrogen and oxygen atoms in total. The van der Waals surface area contributed by atoms with Gasteiger partial charge in [-0.3, -0.25) is 9.69 Å². The molecule has 6 heteroatoms. The van der Waals surface area contributed by atoms with E-state index >= 15 is 0 Å². The molecular weight excluding hydrogens is 252 g/mol. The van der Waals surface area contributed by atoms with Crippen molar-refractivity contribution in [2.45, 2.75) is 39.7 Å². The number of aryl methyl sites for hydroxylation is 1. The molecule has 1 saturated carbocycles. The van der Waals surface area contributed by atoms with Crippen LogP contribution in [0, 0.1) is 6.92 Å². The van der Waals surface area contributed by atoms with Crippen LogP contribution in [0.2, 0.25) is 0 Å². The number of carbonyl (C=O) groups excluding carboxylic acids is 2. The predicted molar refractivity (Wildman–Crippen MR) is 69.0 cm³/mol. The molecular formula is C12H16N2O3S. The Labute approximate surface area is 110 Å². The lowest BCUT2D eigenvalue weighted by molar-refractivity contribution is -0.116. The highest BCUT2D eigenvalue weighted by Gasteiger charge is 2.34. The maximum Gasteiger partial charge on any atom is 0.350 e. The fourth-order valence-corrected chi connectivity index (χ4v) is 2.83. The van der Waals surface area contributed by atoms with Crippen molar-refractivity contribution in [3.05, 3.63) is 10.6 Å². The van der Waals surface area contributed by atoms with Gasteiger partial charge in [0.2, 0.25) is 5.91 Å². The molecule has 1 aliphatic carbocycles. The maximum atomic E-state index is 11.7. The van der Waals surface area contributed by atoms with Crippen LogP contribution < -0.4 is 4.90 Å². The van der Waals surface area contributed by atoms with E-state index in [0.29, 0.717) is 22.3 Å². The van der Waals surface area contributed by atoms with Gasteiger partial charge < -0.3 is 4.74 Å².